The summed E-state index contributed by atoms with van der Waals surface area (Å²) in [5, 5.41) is 9.21. The fourth-order valence-electron chi connectivity index (χ4n) is 1.40. The van der Waals surface area contributed by atoms with E-state index in [0.717, 1.165) is 11.3 Å². The van der Waals surface area contributed by atoms with Gasteiger partial charge in [0.1, 0.15) is 4.21 Å². The Labute approximate surface area is 106 Å². The summed E-state index contributed by atoms with van der Waals surface area (Å²) >= 11 is 1.13. The molecule has 3 aromatic heterocycles. The van der Waals surface area contributed by atoms with Crippen LogP contribution in [-0.2, 0) is 10.0 Å². The maximum atomic E-state index is 12.0. The van der Waals surface area contributed by atoms with Crippen LogP contribution < -0.4 is 4.72 Å². The van der Waals surface area contributed by atoms with E-state index < -0.39 is 10.0 Å². The molecule has 3 rings (SSSR count). The lowest BCUT2D eigenvalue weighted by atomic mass is 10.6. The summed E-state index contributed by atoms with van der Waals surface area (Å²) in [5.41, 5.74) is 0.359. The highest BCUT2D eigenvalue weighted by molar-refractivity contribution is 7.94. The van der Waals surface area contributed by atoms with Gasteiger partial charge >= 0.3 is 0 Å². The molecule has 0 bridgehead atoms. The molecule has 92 valence electrons. The summed E-state index contributed by atoms with van der Waals surface area (Å²) in [4.78, 5) is 4.02. The van der Waals surface area contributed by atoms with E-state index >= 15 is 0 Å². The highest BCUT2D eigenvalue weighted by Crippen LogP contribution is 2.20. The van der Waals surface area contributed by atoms with E-state index in [-0.39, 0.29) is 10.0 Å². The fourth-order valence-corrected chi connectivity index (χ4v) is 3.39. The first-order valence-electron chi connectivity index (χ1n) is 4.89. The van der Waals surface area contributed by atoms with E-state index in [1.54, 1.807) is 29.9 Å². The maximum Gasteiger partial charge on any atom is 0.272 e. The van der Waals surface area contributed by atoms with Gasteiger partial charge in [-0.1, -0.05) is 11.3 Å². The largest absolute Gasteiger partial charge is 0.272 e. The van der Waals surface area contributed by atoms with Crippen LogP contribution >= 0.6 is 11.3 Å². The van der Waals surface area contributed by atoms with Crippen molar-refractivity contribution < 1.29 is 8.42 Å². The Morgan fingerprint density at radius 3 is 3.00 bits per heavy atom. The lowest BCUT2D eigenvalue weighted by molar-refractivity contribution is 0.603. The number of hydrogen-bond donors (Lipinski definition) is 1. The second-order valence-corrected chi connectivity index (χ2v) is 6.22. The molecule has 0 atom stereocenters. The molecule has 7 nitrogen and oxygen atoms in total. The first-order valence-corrected chi connectivity index (χ1v) is 7.25. The van der Waals surface area contributed by atoms with Gasteiger partial charge in [-0.2, -0.15) is 0 Å². The number of rotatable bonds is 3. The van der Waals surface area contributed by atoms with Crippen LogP contribution in [0.2, 0.25) is 0 Å². The van der Waals surface area contributed by atoms with Gasteiger partial charge < -0.3 is 0 Å². The number of nitrogens with zero attached hydrogens (tertiary/aromatic N) is 4. The van der Waals surface area contributed by atoms with Crippen LogP contribution in [0.3, 0.4) is 0 Å². The van der Waals surface area contributed by atoms with Crippen molar-refractivity contribution in [3.05, 3.63) is 36.0 Å². The number of anilines is 1. The van der Waals surface area contributed by atoms with Gasteiger partial charge in [-0.05, 0) is 17.5 Å². The zero-order valence-corrected chi connectivity index (χ0v) is 10.5. The molecule has 18 heavy (non-hydrogen) atoms. The van der Waals surface area contributed by atoms with E-state index in [0.29, 0.717) is 5.65 Å². The van der Waals surface area contributed by atoms with Crippen molar-refractivity contribution in [2.45, 2.75) is 4.21 Å². The smallest absolute Gasteiger partial charge is 0.258 e. The van der Waals surface area contributed by atoms with Crippen molar-refractivity contribution in [2.75, 3.05) is 4.72 Å². The number of hydrogen-bond acceptors (Lipinski definition) is 6. The molecule has 3 heterocycles. The molecular weight excluding hydrogens is 274 g/mol. The quantitative estimate of drug-likeness (QED) is 0.773. The Morgan fingerprint density at radius 1 is 1.33 bits per heavy atom. The summed E-state index contributed by atoms with van der Waals surface area (Å²) in [5.74, 6) is 0.115. The molecule has 0 aliphatic heterocycles. The van der Waals surface area contributed by atoms with Gasteiger partial charge in [0, 0.05) is 12.4 Å². The molecule has 3 aromatic rings. The lowest BCUT2D eigenvalue weighted by Gasteiger charge is -2.01. The number of aromatic nitrogens is 4. The summed E-state index contributed by atoms with van der Waals surface area (Å²) in [7, 11) is -3.62. The molecule has 0 saturated heterocycles. The molecule has 0 unspecified atom stereocenters. The summed E-state index contributed by atoms with van der Waals surface area (Å²) in [6, 6.07) is 4.87. The Hall–Kier alpha value is -2.00. The number of nitrogens with one attached hydrogen (secondary N) is 1. The van der Waals surface area contributed by atoms with Gasteiger partial charge in [-0.3, -0.25) is 4.72 Å². The van der Waals surface area contributed by atoms with Crippen LogP contribution in [0.1, 0.15) is 0 Å². The van der Waals surface area contributed by atoms with Gasteiger partial charge in [0.2, 0.25) is 11.5 Å². The van der Waals surface area contributed by atoms with Crippen LogP contribution in [0.4, 0.5) is 5.82 Å². The Morgan fingerprint density at radius 2 is 2.22 bits per heavy atom. The normalized spacial score (nSPS) is 11.8. The zero-order valence-electron chi connectivity index (χ0n) is 8.89. The van der Waals surface area contributed by atoms with Gasteiger partial charge in [0.05, 0.1) is 0 Å². The van der Waals surface area contributed by atoms with E-state index in [1.807, 2.05) is 0 Å². The van der Waals surface area contributed by atoms with E-state index in [1.165, 1.54) is 10.6 Å². The highest BCUT2D eigenvalue weighted by atomic mass is 32.2. The second-order valence-electron chi connectivity index (χ2n) is 3.36. The fraction of sp³-hybridized carbons (Fsp3) is 0. The van der Waals surface area contributed by atoms with Crippen molar-refractivity contribution in [2.24, 2.45) is 0 Å². The first-order chi connectivity index (χ1) is 8.67. The molecule has 1 N–H and O–H groups in total. The third-order valence-corrected chi connectivity index (χ3v) is 4.91. The molecule has 9 heteroatoms. The summed E-state index contributed by atoms with van der Waals surface area (Å²) < 4.78 is 28.0. The maximum absolute atomic E-state index is 12.0. The minimum atomic E-state index is -3.62. The average Bonchev–Trinajstić information content (AvgIpc) is 2.99. The third kappa shape index (κ3) is 1.83. The average molecular weight is 281 g/mol. The van der Waals surface area contributed by atoms with E-state index in [9.17, 15) is 8.42 Å². The Bertz CT molecular complexity index is 778. The van der Waals surface area contributed by atoms with Gasteiger partial charge in [-0.25, -0.2) is 17.9 Å². The van der Waals surface area contributed by atoms with Gasteiger partial charge in [0.15, 0.2) is 0 Å². The zero-order chi connectivity index (χ0) is 12.6. The number of sulfonamides is 1. The van der Waals surface area contributed by atoms with E-state index in [4.69, 9.17) is 0 Å². The SMILES string of the molecule is O=S(=O)(Nc1nnn2cccnc12)c1cccs1. The minimum absolute atomic E-state index is 0.115. The second kappa shape index (κ2) is 4.03. The predicted octanol–water partition coefficient (Wildman–Crippen LogP) is 0.987. The van der Waals surface area contributed by atoms with Crippen molar-refractivity contribution in [1.82, 2.24) is 19.8 Å². The molecular formula is C9H7N5O2S2. The van der Waals surface area contributed by atoms with Crippen LogP contribution in [0.15, 0.2) is 40.2 Å². The van der Waals surface area contributed by atoms with Crippen molar-refractivity contribution in [3.63, 3.8) is 0 Å². The van der Waals surface area contributed by atoms with Crippen LogP contribution in [0.5, 0.6) is 0 Å². The Balaban J connectivity index is 2.03. The monoisotopic (exact) mass is 281 g/mol. The first kappa shape index (κ1) is 11.1. The predicted molar refractivity (Wildman–Crippen MR) is 65.9 cm³/mol. The molecule has 0 spiro atoms. The Kier molecular flexibility index (Phi) is 2.49. The van der Waals surface area contributed by atoms with Crippen LogP contribution in [0.25, 0.3) is 5.65 Å². The minimum Gasteiger partial charge on any atom is -0.258 e. The lowest BCUT2D eigenvalue weighted by Crippen LogP contribution is -2.12. The number of fused-ring (bicyclic) bond motifs is 1. The molecule has 0 radical (unpaired) electrons. The van der Waals surface area contributed by atoms with Gasteiger partial charge in [0.25, 0.3) is 10.0 Å². The molecule has 0 saturated carbocycles. The standard InChI is InChI=1S/C9H7N5O2S2/c15-18(16,7-3-1-6-17-7)12-8-9-10-4-2-5-14(9)13-11-8/h1-6,12H. The van der Waals surface area contributed by atoms with Crippen LogP contribution in [0, 0.1) is 0 Å². The molecule has 0 amide bonds. The highest BCUT2D eigenvalue weighted by Gasteiger charge is 2.18. The topological polar surface area (TPSA) is 89.2 Å². The molecule has 0 aliphatic rings. The van der Waals surface area contributed by atoms with Crippen LogP contribution in [-0.4, -0.2) is 28.2 Å². The van der Waals surface area contributed by atoms with Crippen molar-refractivity contribution >= 4 is 32.8 Å². The summed E-state index contributed by atoms with van der Waals surface area (Å²) in [6.45, 7) is 0. The van der Waals surface area contributed by atoms with Gasteiger partial charge in [-0.15, -0.1) is 16.4 Å². The van der Waals surface area contributed by atoms with E-state index in [2.05, 4.69) is 20.0 Å². The molecule has 0 aliphatic carbocycles. The van der Waals surface area contributed by atoms with Crippen molar-refractivity contribution in [3.8, 4) is 0 Å². The third-order valence-electron chi connectivity index (χ3n) is 2.17. The van der Waals surface area contributed by atoms with Crippen molar-refractivity contribution in [1.29, 1.82) is 0 Å². The molecule has 0 aromatic carbocycles. The summed E-state index contributed by atoms with van der Waals surface area (Å²) in [6.07, 6.45) is 3.18. The molecule has 0 fully saturated rings. The number of thiophene rings is 1.